The molecule has 66 heavy (non-hydrogen) atoms. The van der Waals surface area contributed by atoms with Gasteiger partial charge in [-0.3, -0.25) is 14.5 Å². The number of unbranched alkanes of at least 4 members (excludes halogenated alkanes) is 3. The molecule has 0 bridgehead atoms. The van der Waals surface area contributed by atoms with Gasteiger partial charge in [-0.25, -0.2) is 9.97 Å². The first-order valence-electron chi connectivity index (χ1n) is 22.3. The molecule has 7 aromatic rings. The highest BCUT2D eigenvalue weighted by Gasteiger charge is 2.56. The number of fused-ring (bicyclic) bond motifs is 2. The molecule has 2 aliphatic heterocycles. The van der Waals surface area contributed by atoms with Crippen molar-refractivity contribution in [2.24, 2.45) is 0 Å². The van der Waals surface area contributed by atoms with Crippen molar-refractivity contribution in [2.75, 3.05) is 20.3 Å². The van der Waals surface area contributed by atoms with Crippen LogP contribution in [0.25, 0.3) is 11.2 Å². The first-order chi connectivity index (χ1) is 32.1. The first-order valence-corrected chi connectivity index (χ1v) is 26.7. The Morgan fingerprint density at radius 2 is 1.27 bits per heavy atom. The van der Waals surface area contributed by atoms with Crippen LogP contribution in [-0.4, -0.2) is 63.5 Å². The summed E-state index contributed by atoms with van der Waals surface area (Å²) >= 11 is 2.44. The SMILES string of the molecule is COc1ccc(C(OCCCCCCn2cnc3c(ncn3[C@@H]3O[C@H](COP(=O)(Sc4ccccc4)Sc4ccccc4)[C@H]4OC(C)(C)O[C@H]43)c2=N)(c2ccccc2)c2ccccc2)cc1. The third kappa shape index (κ3) is 10.1. The predicted molar refractivity (Wildman–Crippen MR) is 257 cm³/mol. The van der Waals surface area contributed by atoms with Gasteiger partial charge in [0.2, 0.25) is 0 Å². The van der Waals surface area contributed by atoms with E-state index < -0.39 is 41.7 Å². The number of nitrogens with zero attached hydrogens (tertiary/aromatic N) is 4. The Morgan fingerprint density at radius 1 is 0.712 bits per heavy atom. The monoisotopic (exact) mass is 943 g/mol. The zero-order valence-electron chi connectivity index (χ0n) is 37.2. The molecular formula is C51H54N5O7PS2. The number of benzene rings is 5. The van der Waals surface area contributed by atoms with Crippen LogP contribution in [0.4, 0.5) is 0 Å². The lowest BCUT2D eigenvalue weighted by molar-refractivity contribution is -0.198. The first kappa shape index (κ1) is 46.1. The van der Waals surface area contributed by atoms with Crippen LogP contribution in [0.5, 0.6) is 5.75 Å². The fourth-order valence-electron chi connectivity index (χ4n) is 8.68. The molecular weight excluding hydrogens is 890 g/mol. The van der Waals surface area contributed by atoms with Gasteiger partial charge < -0.3 is 32.8 Å². The summed E-state index contributed by atoms with van der Waals surface area (Å²) in [6.45, 7) is 4.92. The van der Waals surface area contributed by atoms with Gasteiger partial charge in [-0.05, 0) is 103 Å². The fourth-order valence-corrected chi connectivity index (χ4v) is 15.2. The van der Waals surface area contributed by atoms with E-state index in [-0.39, 0.29) is 12.1 Å². The molecule has 342 valence electrons. The lowest BCUT2D eigenvalue weighted by atomic mass is 9.80. The van der Waals surface area contributed by atoms with E-state index in [1.807, 2.05) is 108 Å². The van der Waals surface area contributed by atoms with Crippen molar-refractivity contribution in [1.82, 2.24) is 19.1 Å². The largest absolute Gasteiger partial charge is 0.497 e. The Kier molecular flexibility index (Phi) is 14.3. The summed E-state index contributed by atoms with van der Waals surface area (Å²) in [5, 5.41) is 9.15. The lowest BCUT2D eigenvalue weighted by Gasteiger charge is -2.36. The van der Waals surface area contributed by atoms with E-state index in [9.17, 15) is 4.57 Å². The molecule has 0 unspecified atom stereocenters. The Balaban J connectivity index is 0.845. The van der Waals surface area contributed by atoms with E-state index in [0.29, 0.717) is 24.3 Å². The van der Waals surface area contributed by atoms with Crippen molar-refractivity contribution in [3.05, 3.63) is 180 Å². The van der Waals surface area contributed by atoms with Gasteiger partial charge in [0.1, 0.15) is 35.2 Å². The molecule has 2 aliphatic rings. The molecule has 4 heterocycles. The number of hydrogen-bond donors (Lipinski definition) is 1. The molecule has 1 N–H and O–H groups in total. The van der Waals surface area contributed by atoms with Crippen molar-refractivity contribution in [2.45, 2.75) is 91.8 Å². The number of rotatable bonds is 20. The summed E-state index contributed by atoms with van der Waals surface area (Å²) in [7, 11) is 1.68. The average Bonchev–Trinajstić information content (AvgIpc) is 4.02. The van der Waals surface area contributed by atoms with Gasteiger partial charge in [0, 0.05) is 22.9 Å². The van der Waals surface area contributed by atoms with E-state index in [1.54, 1.807) is 19.8 Å². The predicted octanol–water partition coefficient (Wildman–Crippen LogP) is 11.4. The summed E-state index contributed by atoms with van der Waals surface area (Å²) < 4.78 is 56.5. The highest BCUT2D eigenvalue weighted by molar-refractivity contribution is 8.89. The van der Waals surface area contributed by atoms with E-state index in [1.165, 1.54) is 22.8 Å². The smallest absolute Gasteiger partial charge is 0.322 e. The third-order valence-electron chi connectivity index (χ3n) is 11.8. The quantitative estimate of drug-likeness (QED) is 0.0445. The molecule has 0 amide bonds. The molecule has 5 aromatic carbocycles. The molecule has 12 nitrogen and oxygen atoms in total. The second kappa shape index (κ2) is 20.5. The van der Waals surface area contributed by atoms with Crippen molar-refractivity contribution >= 4 is 39.7 Å². The minimum Gasteiger partial charge on any atom is -0.497 e. The number of aromatic nitrogens is 4. The van der Waals surface area contributed by atoms with Crippen LogP contribution < -0.4 is 10.2 Å². The topological polar surface area (TPSA) is 132 Å². The van der Waals surface area contributed by atoms with Gasteiger partial charge in [0.15, 0.2) is 23.1 Å². The van der Waals surface area contributed by atoms with Gasteiger partial charge >= 0.3 is 5.77 Å². The number of imidazole rings is 1. The van der Waals surface area contributed by atoms with Crippen LogP contribution in [0.2, 0.25) is 0 Å². The molecule has 2 aromatic heterocycles. The van der Waals surface area contributed by atoms with E-state index in [0.717, 1.165) is 57.9 Å². The second-order valence-electron chi connectivity index (χ2n) is 16.7. The van der Waals surface area contributed by atoms with Gasteiger partial charge in [-0.1, -0.05) is 122 Å². The van der Waals surface area contributed by atoms with Crippen molar-refractivity contribution in [1.29, 1.82) is 5.41 Å². The van der Waals surface area contributed by atoms with Crippen LogP contribution in [0.1, 0.15) is 62.4 Å². The van der Waals surface area contributed by atoms with E-state index in [2.05, 4.69) is 65.6 Å². The summed E-state index contributed by atoms with van der Waals surface area (Å²) in [6.07, 6.45) is 4.67. The highest BCUT2D eigenvalue weighted by Crippen LogP contribution is 2.74. The maximum Gasteiger partial charge on any atom is 0.322 e. The zero-order valence-corrected chi connectivity index (χ0v) is 39.7. The summed E-state index contributed by atoms with van der Waals surface area (Å²) in [5.74, 6) is -3.49. The molecule has 0 saturated carbocycles. The Hall–Kier alpha value is -5.02. The number of nitrogens with one attached hydrogen (secondary N) is 1. The van der Waals surface area contributed by atoms with E-state index in [4.69, 9.17) is 38.6 Å². The standard InChI is InChI=1S/C51H54N5O7PS2/c1-50(2)62-45-43(34-60-64(57,65-41-24-14-8-15-25-41)66-42-26-16-9-17-27-42)61-49(46(45)63-50)56-36-53-44-47(52)55(35-54-48(44)56)32-18-4-5-19-33-59-51(37-20-10-6-11-21-37,38-22-12-7-13-23-38)39-28-30-40(58-3)31-29-39/h6-17,20-31,35-36,43,45-46,49,52H,4-5,18-19,32-34H2,1-3H3/t43-,45-,46-,49-/m1/s1. The van der Waals surface area contributed by atoms with Gasteiger partial charge in [-0.2, -0.15) is 0 Å². The molecule has 15 heteroatoms. The average molecular weight is 944 g/mol. The number of aryl methyl sites for hydroxylation is 1. The molecule has 2 fully saturated rings. The Bertz CT molecular complexity index is 2700. The van der Waals surface area contributed by atoms with Gasteiger partial charge in [0.05, 0.1) is 26.4 Å². The molecule has 0 aliphatic carbocycles. The number of ether oxygens (including phenoxy) is 5. The Morgan fingerprint density at radius 3 is 1.88 bits per heavy atom. The fraction of sp³-hybridized carbons (Fsp3) is 0.314. The lowest BCUT2D eigenvalue weighted by Crippen LogP contribution is -2.33. The molecule has 2 saturated heterocycles. The van der Waals surface area contributed by atoms with Crippen LogP contribution >= 0.6 is 28.5 Å². The van der Waals surface area contributed by atoms with Crippen LogP contribution in [0, 0.1) is 5.41 Å². The van der Waals surface area contributed by atoms with Crippen LogP contribution in [-0.2, 0) is 40.2 Å². The van der Waals surface area contributed by atoms with Gasteiger partial charge in [-0.15, -0.1) is 0 Å². The second-order valence-corrected chi connectivity index (χ2v) is 23.8. The van der Waals surface area contributed by atoms with Crippen molar-refractivity contribution < 1.29 is 32.8 Å². The highest BCUT2D eigenvalue weighted by atomic mass is 33.1. The van der Waals surface area contributed by atoms with Crippen LogP contribution in [0.15, 0.2) is 168 Å². The summed E-state index contributed by atoms with van der Waals surface area (Å²) in [6, 6.07) is 48.1. The Labute approximate surface area is 393 Å². The van der Waals surface area contributed by atoms with Crippen LogP contribution in [0.3, 0.4) is 0 Å². The maximum atomic E-state index is 14.5. The molecule has 0 radical (unpaired) electrons. The normalized spacial score (nSPS) is 19.3. The van der Waals surface area contributed by atoms with Gasteiger partial charge in [0.25, 0.3) is 0 Å². The third-order valence-corrected chi connectivity index (χ3v) is 18.2. The molecule has 4 atom stereocenters. The zero-order chi connectivity index (χ0) is 45.6. The maximum absolute atomic E-state index is 14.5. The van der Waals surface area contributed by atoms with E-state index >= 15 is 0 Å². The number of methoxy groups -OCH3 is 1. The minimum absolute atomic E-state index is 0.00746. The minimum atomic E-state index is -3.39. The summed E-state index contributed by atoms with van der Waals surface area (Å²) in [4.78, 5) is 11.2. The number of hydrogen-bond acceptors (Lipinski definition) is 12. The molecule has 9 rings (SSSR count). The van der Waals surface area contributed by atoms with Crippen molar-refractivity contribution in [3.8, 4) is 5.75 Å². The molecule has 0 spiro atoms. The summed E-state index contributed by atoms with van der Waals surface area (Å²) in [5.41, 5.74) is 3.60. The van der Waals surface area contributed by atoms with Crippen molar-refractivity contribution in [3.63, 3.8) is 0 Å².